The number of carbonyl (C=O) groups excluding carboxylic acids is 2. The van der Waals surface area contributed by atoms with Crippen LogP contribution in [0.4, 0.5) is 17.1 Å². The summed E-state index contributed by atoms with van der Waals surface area (Å²) in [5, 5.41) is 9.15. The van der Waals surface area contributed by atoms with Crippen LogP contribution in [0.1, 0.15) is 12.5 Å². The maximum absolute atomic E-state index is 12.0. The molecule has 5 nitrogen and oxygen atoms in total. The van der Waals surface area contributed by atoms with Crippen molar-refractivity contribution in [1.29, 1.82) is 0 Å². The van der Waals surface area contributed by atoms with Crippen LogP contribution >= 0.6 is 11.6 Å². The molecule has 0 unspecified atom stereocenters. The Bertz CT molecular complexity index is 732. The van der Waals surface area contributed by atoms with Crippen molar-refractivity contribution in [3.05, 3.63) is 53.1 Å². The van der Waals surface area contributed by atoms with E-state index in [-0.39, 0.29) is 18.4 Å². The van der Waals surface area contributed by atoms with E-state index >= 15 is 0 Å². The van der Waals surface area contributed by atoms with E-state index in [2.05, 4.69) is 16.0 Å². The van der Waals surface area contributed by atoms with Gasteiger partial charge in [0, 0.05) is 29.0 Å². The lowest BCUT2D eigenvalue weighted by Gasteiger charge is -2.13. The molecule has 0 fully saturated rings. The molecule has 0 aliphatic rings. The van der Waals surface area contributed by atoms with Gasteiger partial charge in [-0.15, -0.1) is 0 Å². The number of hydrogen-bond acceptors (Lipinski definition) is 3. The van der Waals surface area contributed by atoms with Gasteiger partial charge in [-0.1, -0.05) is 23.7 Å². The van der Waals surface area contributed by atoms with Crippen molar-refractivity contribution in [3.8, 4) is 0 Å². The van der Waals surface area contributed by atoms with Crippen LogP contribution < -0.4 is 16.0 Å². The fraction of sp³-hybridized carbons (Fsp3) is 0.176. The van der Waals surface area contributed by atoms with Crippen LogP contribution in [0.3, 0.4) is 0 Å². The third-order valence-corrected chi connectivity index (χ3v) is 3.43. The number of nitrogens with one attached hydrogen (secondary N) is 3. The first kappa shape index (κ1) is 16.8. The monoisotopic (exact) mass is 331 g/mol. The van der Waals surface area contributed by atoms with Crippen molar-refractivity contribution in [1.82, 2.24) is 0 Å². The lowest BCUT2D eigenvalue weighted by atomic mass is 10.1. The molecule has 23 heavy (non-hydrogen) atoms. The van der Waals surface area contributed by atoms with Crippen LogP contribution in [0.2, 0.25) is 5.02 Å². The highest BCUT2D eigenvalue weighted by atomic mass is 35.5. The molecular weight excluding hydrogens is 314 g/mol. The van der Waals surface area contributed by atoms with Gasteiger partial charge in [0.05, 0.1) is 6.54 Å². The highest BCUT2D eigenvalue weighted by Crippen LogP contribution is 2.23. The minimum Gasteiger partial charge on any atom is -0.376 e. The Morgan fingerprint density at radius 1 is 1.04 bits per heavy atom. The van der Waals surface area contributed by atoms with Gasteiger partial charge in [-0.25, -0.2) is 0 Å². The number of anilines is 3. The molecule has 2 rings (SSSR count). The summed E-state index contributed by atoms with van der Waals surface area (Å²) in [5.41, 5.74) is 3.03. The average Bonchev–Trinajstić information content (AvgIpc) is 2.48. The van der Waals surface area contributed by atoms with Gasteiger partial charge >= 0.3 is 0 Å². The van der Waals surface area contributed by atoms with E-state index in [1.54, 1.807) is 24.3 Å². The molecule has 0 atom stereocenters. The van der Waals surface area contributed by atoms with Crippen molar-refractivity contribution in [2.75, 3.05) is 22.5 Å². The molecule has 120 valence electrons. The van der Waals surface area contributed by atoms with Crippen LogP contribution in [0.5, 0.6) is 0 Å². The zero-order chi connectivity index (χ0) is 16.8. The molecule has 0 aliphatic carbocycles. The molecule has 0 spiro atoms. The molecule has 0 saturated carbocycles. The Morgan fingerprint density at radius 3 is 2.43 bits per heavy atom. The fourth-order valence-electron chi connectivity index (χ4n) is 2.10. The van der Waals surface area contributed by atoms with Crippen molar-refractivity contribution >= 4 is 40.5 Å². The molecule has 0 bridgehead atoms. The Kier molecular flexibility index (Phi) is 5.60. The van der Waals surface area contributed by atoms with Crippen LogP contribution in [0.25, 0.3) is 0 Å². The first-order chi connectivity index (χ1) is 11.0. The van der Waals surface area contributed by atoms with Crippen LogP contribution in [-0.4, -0.2) is 18.4 Å². The zero-order valence-electron chi connectivity index (χ0n) is 12.9. The van der Waals surface area contributed by atoms with E-state index in [1.165, 1.54) is 6.92 Å². The average molecular weight is 332 g/mol. The van der Waals surface area contributed by atoms with Gasteiger partial charge in [0.2, 0.25) is 11.8 Å². The van der Waals surface area contributed by atoms with E-state index < -0.39 is 0 Å². The number of rotatable bonds is 5. The summed E-state index contributed by atoms with van der Waals surface area (Å²) in [7, 11) is 0. The standard InChI is InChI=1S/C17H18ClN3O2/c1-11-15(7-4-8-16(11)20-12(2)22)19-10-17(23)21-14-6-3-5-13(18)9-14/h3-9,19H,10H2,1-2H3,(H,20,22)(H,21,23). The Hall–Kier alpha value is -2.53. The summed E-state index contributed by atoms with van der Waals surface area (Å²) in [6.45, 7) is 3.44. The fourth-order valence-corrected chi connectivity index (χ4v) is 2.29. The number of carbonyl (C=O) groups is 2. The quantitative estimate of drug-likeness (QED) is 0.783. The summed E-state index contributed by atoms with van der Waals surface area (Å²) in [6.07, 6.45) is 0. The minimum absolute atomic E-state index is 0.108. The Morgan fingerprint density at radius 2 is 1.74 bits per heavy atom. The summed E-state index contributed by atoms with van der Waals surface area (Å²) in [4.78, 5) is 23.2. The van der Waals surface area contributed by atoms with Crippen LogP contribution in [0.15, 0.2) is 42.5 Å². The van der Waals surface area contributed by atoms with Crippen molar-refractivity contribution in [2.45, 2.75) is 13.8 Å². The predicted octanol–water partition coefficient (Wildman–Crippen LogP) is 3.66. The van der Waals surface area contributed by atoms with Gasteiger partial charge in [-0.2, -0.15) is 0 Å². The molecule has 2 aromatic carbocycles. The maximum Gasteiger partial charge on any atom is 0.243 e. The van der Waals surface area contributed by atoms with Crippen LogP contribution in [0, 0.1) is 6.92 Å². The summed E-state index contributed by atoms with van der Waals surface area (Å²) in [6, 6.07) is 12.4. The molecule has 0 radical (unpaired) electrons. The van der Waals surface area contributed by atoms with E-state index in [0.717, 1.165) is 16.9 Å². The molecule has 0 saturated heterocycles. The summed E-state index contributed by atoms with van der Waals surface area (Å²) < 4.78 is 0. The largest absolute Gasteiger partial charge is 0.376 e. The third-order valence-electron chi connectivity index (χ3n) is 3.19. The second-order valence-corrected chi connectivity index (χ2v) is 5.51. The first-order valence-corrected chi connectivity index (χ1v) is 7.50. The van der Waals surface area contributed by atoms with Crippen molar-refractivity contribution in [2.24, 2.45) is 0 Å². The maximum atomic E-state index is 12.0. The highest BCUT2D eigenvalue weighted by molar-refractivity contribution is 6.30. The number of hydrogen-bond donors (Lipinski definition) is 3. The number of halogens is 1. The normalized spacial score (nSPS) is 10.0. The molecule has 3 N–H and O–H groups in total. The molecule has 6 heteroatoms. The van der Waals surface area contributed by atoms with E-state index in [0.29, 0.717) is 10.7 Å². The van der Waals surface area contributed by atoms with E-state index in [9.17, 15) is 9.59 Å². The van der Waals surface area contributed by atoms with Gasteiger partial charge in [0.15, 0.2) is 0 Å². The van der Waals surface area contributed by atoms with Gasteiger partial charge in [0.25, 0.3) is 0 Å². The molecule has 2 aromatic rings. The minimum atomic E-state index is -0.184. The predicted molar refractivity (Wildman–Crippen MR) is 94.1 cm³/mol. The second-order valence-electron chi connectivity index (χ2n) is 5.07. The number of benzene rings is 2. The Balaban J connectivity index is 1.97. The first-order valence-electron chi connectivity index (χ1n) is 7.12. The van der Waals surface area contributed by atoms with E-state index in [1.807, 2.05) is 25.1 Å². The highest BCUT2D eigenvalue weighted by Gasteiger charge is 2.07. The molecule has 0 heterocycles. The van der Waals surface area contributed by atoms with Gasteiger partial charge in [-0.3, -0.25) is 9.59 Å². The Labute approximate surface area is 140 Å². The zero-order valence-corrected chi connectivity index (χ0v) is 13.7. The van der Waals surface area contributed by atoms with Crippen molar-refractivity contribution < 1.29 is 9.59 Å². The second kappa shape index (κ2) is 7.65. The SMILES string of the molecule is CC(=O)Nc1cccc(NCC(=O)Nc2cccc(Cl)c2)c1C. The lowest BCUT2D eigenvalue weighted by molar-refractivity contribution is -0.115. The summed E-state index contributed by atoms with van der Waals surface area (Å²) in [5.74, 6) is -0.319. The molecular formula is C17H18ClN3O2. The van der Waals surface area contributed by atoms with Crippen LogP contribution in [-0.2, 0) is 9.59 Å². The lowest BCUT2D eigenvalue weighted by Crippen LogP contribution is -2.22. The third kappa shape index (κ3) is 5.00. The smallest absolute Gasteiger partial charge is 0.243 e. The van der Waals surface area contributed by atoms with Gasteiger partial charge in [-0.05, 0) is 42.8 Å². The summed E-state index contributed by atoms with van der Waals surface area (Å²) >= 11 is 5.88. The van der Waals surface area contributed by atoms with Gasteiger partial charge in [0.1, 0.15) is 0 Å². The molecule has 0 aromatic heterocycles. The molecule has 0 aliphatic heterocycles. The molecule has 2 amide bonds. The van der Waals surface area contributed by atoms with Gasteiger partial charge < -0.3 is 16.0 Å². The van der Waals surface area contributed by atoms with Crippen molar-refractivity contribution in [3.63, 3.8) is 0 Å². The topological polar surface area (TPSA) is 70.2 Å². The number of amides is 2. The van der Waals surface area contributed by atoms with E-state index in [4.69, 9.17) is 11.6 Å².